The van der Waals surface area contributed by atoms with Crippen LogP contribution in [-0.4, -0.2) is 26.9 Å². The first-order valence-electron chi connectivity index (χ1n) is 6.12. The van der Waals surface area contributed by atoms with E-state index in [1.54, 1.807) is 10.9 Å². The molecule has 0 radical (unpaired) electrons. The Labute approximate surface area is 101 Å². The third-order valence-electron chi connectivity index (χ3n) is 3.25. The number of carboxylic acid groups (broad SMARTS) is 1. The second-order valence-electron chi connectivity index (χ2n) is 4.87. The summed E-state index contributed by atoms with van der Waals surface area (Å²) in [5, 5.41) is 16.8. The van der Waals surface area contributed by atoms with Gasteiger partial charge in [-0.1, -0.05) is 6.42 Å². The molecular formula is C12H19N3O2. The van der Waals surface area contributed by atoms with E-state index in [9.17, 15) is 9.90 Å². The Morgan fingerprint density at radius 1 is 1.65 bits per heavy atom. The van der Waals surface area contributed by atoms with Crippen molar-refractivity contribution < 1.29 is 9.90 Å². The molecule has 0 bridgehead atoms. The van der Waals surface area contributed by atoms with Gasteiger partial charge in [-0.3, -0.25) is 4.68 Å². The van der Waals surface area contributed by atoms with Gasteiger partial charge in [0.05, 0.1) is 6.20 Å². The molecule has 0 atom stereocenters. The number of carboxylic acids is 1. The average molecular weight is 237 g/mol. The van der Waals surface area contributed by atoms with E-state index in [4.69, 9.17) is 0 Å². The van der Waals surface area contributed by atoms with Crippen molar-refractivity contribution in [1.29, 1.82) is 0 Å². The monoisotopic (exact) mass is 237 g/mol. The van der Waals surface area contributed by atoms with Crippen molar-refractivity contribution in [2.24, 2.45) is 0 Å². The van der Waals surface area contributed by atoms with E-state index in [1.165, 1.54) is 19.3 Å². The van der Waals surface area contributed by atoms with Crippen LogP contribution in [0.3, 0.4) is 0 Å². The largest absolute Gasteiger partial charge is 0.477 e. The van der Waals surface area contributed by atoms with Gasteiger partial charge in [0.15, 0.2) is 5.69 Å². The number of nitrogens with zero attached hydrogens (tertiary/aromatic N) is 2. The van der Waals surface area contributed by atoms with Gasteiger partial charge in [0.2, 0.25) is 0 Å². The lowest BCUT2D eigenvalue weighted by Gasteiger charge is -2.26. The van der Waals surface area contributed by atoms with Crippen LogP contribution in [0.25, 0.3) is 0 Å². The average Bonchev–Trinajstić information content (AvgIpc) is 2.59. The molecule has 0 spiro atoms. The van der Waals surface area contributed by atoms with Crippen molar-refractivity contribution in [3.05, 3.63) is 17.5 Å². The molecule has 2 rings (SSSR count). The summed E-state index contributed by atoms with van der Waals surface area (Å²) in [6, 6.07) is 0.623. The van der Waals surface area contributed by atoms with Crippen LogP contribution in [-0.2, 0) is 6.54 Å². The van der Waals surface area contributed by atoms with Gasteiger partial charge in [0, 0.05) is 24.2 Å². The summed E-state index contributed by atoms with van der Waals surface area (Å²) < 4.78 is 1.57. The maximum Gasteiger partial charge on any atom is 0.354 e. The van der Waals surface area contributed by atoms with Gasteiger partial charge in [-0.25, -0.2) is 4.79 Å². The van der Waals surface area contributed by atoms with E-state index in [1.807, 2.05) is 13.8 Å². The maximum absolute atomic E-state index is 11.2. The Morgan fingerprint density at radius 3 is 2.82 bits per heavy atom. The molecule has 0 aliphatic heterocycles. The first kappa shape index (κ1) is 12.1. The number of nitrogens with one attached hydrogen (secondary N) is 1. The van der Waals surface area contributed by atoms with Gasteiger partial charge >= 0.3 is 5.97 Å². The normalized spacial score (nSPS) is 16.2. The Morgan fingerprint density at radius 2 is 2.35 bits per heavy atom. The van der Waals surface area contributed by atoms with Crippen LogP contribution in [0.2, 0.25) is 0 Å². The van der Waals surface area contributed by atoms with Crippen LogP contribution in [0.1, 0.15) is 55.2 Å². The Hall–Kier alpha value is -1.36. The zero-order valence-corrected chi connectivity index (χ0v) is 10.3. The third kappa shape index (κ3) is 2.49. The molecule has 1 aliphatic rings. The van der Waals surface area contributed by atoms with E-state index in [0.29, 0.717) is 18.3 Å². The fraction of sp³-hybridized carbons (Fsp3) is 0.667. The Kier molecular flexibility index (Phi) is 3.47. The molecule has 1 aliphatic carbocycles. The van der Waals surface area contributed by atoms with Crippen molar-refractivity contribution in [1.82, 2.24) is 15.1 Å². The van der Waals surface area contributed by atoms with E-state index in [-0.39, 0.29) is 6.04 Å². The Balaban J connectivity index is 2.12. The van der Waals surface area contributed by atoms with E-state index in [0.717, 1.165) is 5.56 Å². The van der Waals surface area contributed by atoms with E-state index in [2.05, 4.69) is 10.4 Å². The number of hydrogen-bond acceptors (Lipinski definition) is 3. The van der Waals surface area contributed by atoms with Crippen LogP contribution in [0.15, 0.2) is 6.20 Å². The predicted octanol–water partition coefficient (Wildman–Crippen LogP) is 1.80. The quantitative estimate of drug-likeness (QED) is 0.819. The molecule has 1 fully saturated rings. The SMILES string of the molecule is CC(C)n1ncc(CNC2CCC2)c1C(=O)O. The van der Waals surface area contributed by atoms with Crippen molar-refractivity contribution >= 4 is 5.97 Å². The number of aromatic nitrogens is 2. The molecule has 0 unspecified atom stereocenters. The standard InChI is InChI=1S/C12H19N3O2/c1-8(2)15-11(12(16)17)9(7-14-15)6-13-10-4-3-5-10/h7-8,10,13H,3-6H2,1-2H3,(H,16,17). The van der Waals surface area contributed by atoms with Crippen LogP contribution in [0.4, 0.5) is 0 Å². The number of rotatable bonds is 5. The van der Waals surface area contributed by atoms with Crippen molar-refractivity contribution in [2.75, 3.05) is 0 Å². The number of aromatic carboxylic acids is 1. The summed E-state index contributed by atoms with van der Waals surface area (Å²) >= 11 is 0. The number of hydrogen-bond donors (Lipinski definition) is 2. The summed E-state index contributed by atoms with van der Waals surface area (Å²) in [5.41, 5.74) is 1.09. The minimum absolute atomic E-state index is 0.0681. The van der Waals surface area contributed by atoms with E-state index < -0.39 is 5.97 Å². The fourth-order valence-electron chi connectivity index (χ4n) is 2.02. The lowest BCUT2D eigenvalue weighted by atomic mass is 9.93. The minimum atomic E-state index is -0.901. The summed E-state index contributed by atoms with van der Waals surface area (Å²) in [4.78, 5) is 11.2. The smallest absolute Gasteiger partial charge is 0.354 e. The van der Waals surface area contributed by atoms with Gasteiger partial charge in [-0.2, -0.15) is 5.10 Å². The first-order chi connectivity index (χ1) is 8.09. The summed E-state index contributed by atoms with van der Waals surface area (Å²) in [6.45, 7) is 4.46. The Bertz CT molecular complexity index is 408. The minimum Gasteiger partial charge on any atom is -0.477 e. The van der Waals surface area contributed by atoms with Gasteiger partial charge in [-0.05, 0) is 26.7 Å². The zero-order valence-electron chi connectivity index (χ0n) is 10.3. The molecule has 1 aromatic rings. The van der Waals surface area contributed by atoms with Crippen molar-refractivity contribution in [3.63, 3.8) is 0 Å². The van der Waals surface area contributed by atoms with Gasteiger partial charge in [0.25, 0.3) is 0 Å². The summed E-state index contributed by atoms with van der Waals surface area (Å²) in [6.07, 6.45) is 5.32. The third-order valence-corrected chi connectivity index (χ3v) is 3.25. The number of carbonyl (C=O) groups is 1. The van der Waals surface area contributed by atoms with Gasteiger partial charge < -0.3 is 10.4 Å². The molecule has 0 aromatic carbocycles. The second kappa shape index (κ2) is 4.87. The predicted molar refractivity (Wildman–Crippen MR) is 64.1 cm³/mol. The first-order valence-corrected chi connectivity index (χ1v) is 6.12. The maximum atomic E-state index is 11.2. The molecule has 94 valence electrons. The molecule has 2 N–H and O–H groups in total. The highest BCUT2D eigenvalue weighted by atomic mass is 16.4. The molecule has 17 heavy (non-hydrogen) atoms. The molecule has 5 nitrogen and oxygen atoms in total. The van der Waals surface area contributed by atoms with Crippen LogP contribution in [0.5, 0.6) is 0 Å². The molecule has 1 saturated carbocycles. The zero-order chi connectivity index (χ0) is 12.4. The molecule has 1 aromatic heterocycles. The van der Waals surface area contributed by atoms with Crippen LogP contribution in [0, 0.1) is 0 Å². The van der Waals surface area contributed by atoms with Crippen molar-refractivity contribution in [3.8, 4) is 0 Å². The van der Waals surface area contributed by atoms with Crippen LogP contribution < -0.4 is 5.32 Å². The lowest BCUT2D eigenvalue weighted by molar-refractivity contribution is 0.0679. The van der Waals surface area contributed by atoms with Gasteiger partial charge in [0.1, 0.15) is 0 Å². The molecule has 5 heteroatoms. The molecule has 0 saturated heterocycles. The highest BCUT2D eigenvalue weighted by molar-refractivity contribution is 5.87. The summed E-state index contributed by atoms with van der Waals surface area (Å²) in [5.74, 6) is -0.901. The van der Waals surface area contributed by atoms with Gasteiger partial charge in [-0.15, -0.1) is 0 Å². The van der Waals surface area contributed by atoms with E-state index >= 15 is 0 Å². The highest BCUT2D eigenvalue weighted by Gasteiger charge is 2.21. The second-order valence-corrected chi connectivity index (χ2v) is 4.87. The van der Waals surface area contributed by atoms with Crippen molar-refractivity contribution in [2.45, 2.75) is 51.7 Å². The molecule has 0 amide bonds. The topological polar surface area (TPSA) is 67.2 Å². The molecular weight excluding hydrogens is 218 g/mol. The fourth-order valence-corrected chi connectivity index (χ4v) is 2.02. The summed E-state index contributed by atoms with van der Waals surface area (Å²) in [7, 11) is 0. The van der Waals surface area contributed by atoms with Crippen LogP contribution >= 0.6 is 0 Å². The highest BCUT2D eigenvalue weighted by Crippen LogP contribution is 2.20. The molecule has 1 heterocycles. The lowest BCUT2D eigenvalue weighted by Crippen LogP contribution is -2.34.